The van der Waals surface area contributed by atoms with E-state index in [0.717, 1.165) is 0 Å². The first-order valence-electron chi connectivity index (χ1n) is 5.99. The Kier molecular flexibility index (Phi) is 5.28. The van der Waals surface area contributed by atoms with Crippen molar-refractivity contribution in [3.8, 4) is 6.07 Å². The predicted molar refractivity (Wildman–Crippen MR) is 81.2 cm³/mol. The van der Waals surface area contributed by atoms with E-state index in [2.05, 4.69) is 26.6 Å². The van der Waals surface area contributed by atoms with Crippen LogP contribution >= 0.6 is 15.9 Å². The van der Waals surface area contributed by atoms with Crippen molar-refractivity contribution in [1.82, 2.24) is 5.32 Å². The molecule has 1 aromatic rings. The number of ketones is 1. The van der Waals surface area contributed by atoms with Crippen LogP contribution in [-0.2, 0) is 0 Å². The number of nitrogens with one attached hydrogen (secondary N) is 2. The Bertz CT molecular complexity index is 571. The van der Waals surface area contributed by atoms with Crippen LogP contribution in [0, 0.1) is 11.3 Å². The van der Waals surface area contributed by atoms with E-state index in [-0.39, 0.29) is 22.2 Å². The molecule has 0 aliphatic rings. The van der Waals surface area contributed by atoms with Crippen molar-refractivity contribution in [2.75, 3.05) is 10.6 Å². The Morgan fingerprint density at radius 2 is 2.00 bits per heavy atom. The molecule has 0 saturated heterocycles. The second kappa shape index (κ2) is 6.53. The predicted octanol–water partition coefficient (Wildman–Crippen LogP) is 3.06. The number of carbonyl (C=O) groups excluding carboxylic acids is 2. The van der Waals surface area contributed by atoms with Gasteiger partial charge in [0.15, 0.2) is 5.78 Å². The molecule has 2 N–H and O–H groups in total. The Hall–Kier alpha value is -1.87. The number of nitriles is 1. The molecule has 0 unspecified atom stereocenters. The summed E-state index contributed by atoms with van der Waals surface area (Å²) < 4.78 is 0. The number of urea groups is 1. The van der Waals surface area contributed by atoms with Gasteiger partial charge in [0.05, 0.1) is 16.6 Å². The van der Waals surface area contributed by atoms with Crippen molar-refractivity contribution in [3.63, 3.8) is 0 Å². The molecule has 1 rings (SSSR count). The number of hydrogen-bond donors (Lipinski definition) is 2. The minimum atomic E-state index is -0.395. The Morgan fingerprint density at radius 3 is 2.50 bits per heavy atom. The van der Waals surface area contributed by atoms with E-state index in [1.165, 1.54) is 6.07 Å². The molecule has 0 aliphatic heterocycles. The molecule has 20 heavy (non-hydrogen) atoms. The lowest BCUT2D eigenvalue weighted by Crippen LogP contribution is -2.43. The molecule has 0 aromatic heterocycles. The van der Waals surface area contributed by atoms with Crippen molar-refractivity contribution in [2.45, 2.75) is 26.3 Å². The third kappa shape index (κ3) is 4.67. The van der Waals surface area contributed by atoms with Gasteiger partial charge in [0.2, 0.25) is 0 Å². The van der Waals surface area contributed by atoms with Gasteiger partial charge in [-0.05, 0) is 39.0 Å². The van der Waals surface area contributed by atoms with E-state index in [9.17, 15) is 9.59 Å². The van der Waals surface area contributed by atoms with Crippen LogP contribution < -0.4 is 10.6 Å². The zero-order valence-corrected chi connectivity index (χ0v) is 13.2. The number of amides is 2. The summed E-state index contributed by atoms with van der Waals surface area (Å²) in [5.41, 5.74) is 0.685. The number of halogens is 1. The lowest BCUT2D eigenvalue weighted by Gasteiger charge is -2.21. The number of benzene rings is 1. The second-order valence-electron chi connectivity index (χ2n) is 5.26. The minimum absolute atomic E-state index is 0.118. The minimum Gasteiger partial charge on any atom is -0.333 e. The topological polar surface area (TPSA) is 82.0 Å². The van der Waals surface area contributed by atoms with Crippen LogP contribution in [0.4, 0.5) is 10.5 Å². The number of Topliss-reactive ketones (excluding diaryl/α,β-unsaturated/α-hetero) is 1. The highest BCUT2D eigenvalue weighted by Crippen LogP contribution is 2.18. The lowest BCUT2D eigenvalue weighted by atomic mass is 10.1. The quantitative estimate of drug-likeness (QED) is 0.656. The normalized spacial score (nSPS) is 10.6. The molecule has 0 fully saturated rings. The summed E-state index contributed by atoms with van der Waals surface area (Å²) in [7, 11) is 0. The number of anilines is 1. The third-order valence-corrected chi connectivity index (χ3v) is 2.83. The van der Waals surface area contributed by atoms with Gasteiger partial charge < -0.3 is 10.6 Å². The van der Waals surface area contributed by atoms with Gasteiger partial charge in [-0.25, -0.2) is 4.79 Å². The molecular formula is C14H16BrN3O2. The van der Waals surface area contributed by atoms with Crippen molar-refractivity contribution in [2.24, 2.45) is 0 Å². The molecule has 106 valence electrons. The standard InChI is InChI=1S/C14H16BrN3O2/c1-14(2,3)18-13(20)17-11-5-4-9(12(19)7-15)6-10(11)8-16/h4-6H,7H2,1-3H3,(H2,17,18,20). The molecule has 5 nitrogen and oxygen atoms in total. The van der Waals surface area contributed by atoms with Crippen molar-refractivity contribution >= 4 is 33.4 Å². The van der Waals surface area contributed by atoms with Gasteiger partial charge in [0.1, 0.15) is 6.07 Å². The van der Waals surface area contributed by atoms with E-state index in [0.29, 0.717) is 11.3 Å². The highest BCUT2D eigenvalue weighted by atomic mass is 79.9. The zero-order chi connectivity index (χ0) is 15.3. The van der Waals surface area contributed by atoms with Crippen LogP contribution in [0.1, 0.15) is 36.7 Å². The van der Waals surface area contributed by atoms with Gasteiger partial charge >= 0.3 is 6.03 Å². The van der Waals surface area contributed by atoms with E-state index in [1.54, 1.807) is 12.1 Å². The molecule has 0 spiro atoms. The number of nitrogens with zero attached hydrogens (tertiary/aromatic N) is 1. The highest BCUT2D eigenvalue weighted by molar-refractivity contribution is 9.09. The van der Waals surface area contributed by atoms with E-state index < -0.39 is 6.03 Å². The molecular weight excluding hydrogens is 322 g/mol. The average molecular weight is 338 g/mol. The molecule has 0 radical (unpaired) electrons. The second-order valence-corrected chi connectivity index (χ2v) is 5.82. The van der Waals surface area contributed by atoms with Crippen molar-refractivity contribution in [1.29, 1.82) is 5.26 Å². The monoisotopic (exact) mass is 337 g/mol. The molecule has 0 aliphatic carbocycles. The fourth-order valence-electron chi connectivity index (χ4n) is 1.49. The third-order valence-electron chi connectivity index (χ3n) is 2.32. The van der Waals surface area contributed by atoms with Crippen LogP contribution in [-0.4, -0.2) is 22.7 Å². The van der Waals surface area contributed by atoms with E-state index in [1.807, 2.05) is 26.8 Å². The lowest BCUT2D eigenvalue weighted by molar-refractivity contribution is 0.102. The molecule has 0 bridgehead atoms. The van der Waals surface area contributed by atoms with Gasteiger partial charge in [0.25, 0.3) is 0 Å². The average Bonchev–Trinajstić information content (AvgIpc) is 2.36. The summed E-state index contributed by atoms with van der Waals surface area (Å²) in [5, 5.41) is 14.6. The van der Waals surface area contributed by atoms with Gasteiger partial charge in [0, 0.05) is 11.1 Å². The van der Waals surface area contributed by atoms with Crippen LogP contribution in [0.15, 0.2) is 18.2 Å². The maximum Gasteiger partial charge on any atom is 0.319 e. The first kappa shape index (κ1) is 16.2. The molecule has 2 amide bonds. The van der Waals surface area contributed by atoms with E-state index >= 15 is 0 Å². The van der Waals surface area contributed by atoms with Crippen LogP contribution in [0.5, 0.6) is 0 Å². The maximum absolute atomic E-state index is 11.8. The Morgan fingerprint density at radius 1 is 1.35 bits per heavy atom. The first-order valence-corrected chi connectivity index (χ1v) is 7.11. The smallest absolute Gasteiger partial charge is 0.319 e. The summed E-state index contributed by atoms with van der Waals surface area (Å²) in [6.07, 6.45) is 0. The summed E-state index contributed by atoms with van der Waals surface area (Å²) in [5.74, 6) is -0.118. The summed E-state index contributed by atoms with van der Waals surface area (Å²) in [6, 6.07) is 6.18. The summed E-state index contributed by atoms with van der Waals surface area (Å²) >= 11 is 3.08. The van der Waals surface area contributed by atoms with Gasteiger partial charge in [-0.2, -0.15) is 5.26 Å². The fourth-order valence-corrected chi connectivity index (χ4v) is 1.81. The molecule has 1 aromatic carbocycles. The maximum atomic E-state index is 11.8. The van der Waals surface area contributed by atoms with Gasteiger partial charge in [-0.1, -0.05) is 15.9 Å². The van der Waals surface area contributed by atoms with Crippen molar-refractivity contribution < 1.29 is 9.59 Å². The van der Waals surface area contributed by atoms with Gasteiger partial charge in [-0.15, -0.1) is 0 Å². The zero-order valence-electron chi connectivity index (χ0n) is 11.6. The summed E-state index contributed by atoms with van der Waals surface area (Å²) in [6.45, 7) is 5.57. The Balaban J connectivity index is 2.95. The van der Waals surface area contributed by atoms with Gasteiger partial charge in [-0.3, -0.25) is 4.79 Å². The fraction of sp³-hybridized carbons (Fsp3) is 0.357. The van der Waals surface area contributed by atoms with Crippen LogP contribution in [0.3, 0.4) is 0 Å². The van der Waals surface area contributed by atoms with Crippen LogP contribution in [0.25, 0.3) is 0 Å². The number of hydrogen-bond acceptors (Lipinski definition) is 3. The SMILES string of the molecule is CC(C)(C)NC(=O)Nc1ccc(C(=O)CBr)cc1C#N. The largest absolute Gasteiger partial charge is 0.333 e. The van der Waals surface area contributed by atoms with Crippen molar-refractivity contribution in [3.05, 3.63) is 29.3 Å². The molecule has 0 heterocycles. The molecule has 0 atom stereocenters. The highest BCUT2D eigenvalue weighted by Gasteiger charge is 2.15. The Labute approximate surface area is 126 Å². The molecule has 6 heteroatoms. The summed E-state index contributed by atoms with van der Waals surface area (Å²) in [4.78, 5) is 23.3. The van der Waals surface area contributed by atoms with E-state index in [4.69, 9.17) is 5.26 Å². The van der Waals surface area contributed by atoms with Crippen LogP contribution in [0.2, 0.25) is 0 Å². The number of alkyl halides is 1. The molecule has 0 saturated carbocycles. The number of rotatable bonds is 3. The number of carbonyl (C=O) groups is 2. The first-order chi connectivity index (χ1) is 9.26.